The van der Waals surface area contributed by atoms with Gasteiger partial charge in [0, 0.05) is 29.4 Å². The average molecular weight is 373 g/mol. The molecule has 142 valence electrons. The number of halogens is 2. The Labute approximate surface area is 156 Å². The van der Waals surface area contributed by atoms with Crippen LogP contribution in [0.25, 0.3) is 0 Å². The van der Waals surface area contributed by atoms with Gasteiger partial charge >= 0.3 is 0 Å². The van der Waals surface area contributed by atoms with Gasteiger partial charge in [-0.05, 0) is 30.5 Å². The van der Waals surface area contributed by atoms with Crippen molar-refractivity contribution in [3.05, 3.63) is 47.5 Å². The molecule has 2 heterocycles. The lowest BCUT2D eigenvalue weighted by atomic mass is 9.75. The molecule has 2 aliphatic rings. The Morgan fingerprint density at radius 2 is 1.89 bits per heavy atom. The van der Waals surface area contributed by atoms with Gasteiger partial charge in [-0.25, -0.2) is 18.7 Å². The van der Waals surface area contributed by atoms with Gasteiger partial charge in [-0.3, -0.25) is 4.99 Å². The van der Waals surface area contributed by atoms with Crippen LogP contribution in [-0.4, -0.2) is 41.9 Å². The van der Waals surface area contributed by atoms with E-state index in [2.05, 4.69) is 9.97 Å². The van der Waals surface area contributed by atoms with Gasteiger partial charge in [0.2, 0.25) is 0 Å². The lowest BCUT2D eigenvalue weighted by molar-refractivity contribution is 0.0803. The van der Waals surface area contributed by atoms with Crippen molar-refractivity contribution in [1.29, 1.82) is 0 Å². The van der Waals surface area contributed by atoms with Gasteiger partial charge in [0.25, 0.3) is 6.43 Å². The van der Waals surface area contributed by atoms with Crippen LogP contribution >= 0.6 is 0 Å². The third-order valence-corrected chi connectivity index (χ3v) is 5.21. The summed E-state index contributed by atoms with van der Waals surface area (Å²) in [4.78, 5) is 13.2. The first kappa shape index (κ1) is 17.8. The molecule has 2 unspecified atom stereocenters. The summed E-state index contributed by atoms with van der Waals surface area (Å²) in [6.45, 7) is -0.656. The third-order valence-electron chi connectivity index (χ3n) is 5.21. The number of ether oxygens (including phenoxy) is 2. The van der Waals surface area contributed by atoms with Crippen molar-refractivity contribution in [1.82, 2.24) is 9.97 Å². The molecule has 4 rings (SSSR count). The summed E-state index contributed by atoms with van der Waals surface area (Å²) >= 11 is 0. The van der Waals surface area contributed by atoms with Crippen molar-refractivity contribution in [2.45, 2.75) is 44.1 Å². The maximum atomic E-state index is 12.6. The maximum absolute atomic E-state index is 12.6. The van der Waals surface area contributed by atoms with Crippen LogP contribution in [0.4, 0.5) is 8.78 Å². The summed E-state index contributed by atoms with van der Waals surface area (Å²) in [5.41, 5.74) is 3.69. The number of alkyl halides is 2. The molecule has 0 N–H and O–H groups in total. The number of hydrogen-bond acceptors (Lipinski definition) is 5. The van der Waals surface area contributed by atoms with E-state index < -0.39 is 13.0 Å². The number of aliphatic imine (C=N–C) groups is 1. The quantitative estimate of drug-likeness (QED) is 0.795. The van der Waals surface area contributed by atoms with Crippen LogP contribution in [-0.2, 0) is 0 Å². The Bertz CT molecular complexity index is 843. The molecule has 0 amide bonds. The number of hydrogen-bond donors (Lipinski definition) is 0. The van der Waals surface area contributed by atoms with Crippen LogP contribution in [0.5, 0.6) is 11.5 Å². The minimum Gasteiger partial charge on any atom is -0.493 e. The van der Waals surface area contributed by atoms with Crippen molar-refractivity contribution in [2.24, 2.45) is 4.99 Å². The molecule has 2 atom stereocenters. The Morgan fingerprint density at radius 3 is 2.63 bits per heavy atom. The van der Waals surface area contributed by atoms with E-state index in [1.807, 2.05) is 12.1 Å². The van der Waals surface area contributed by atoms with Crippen molar-refractivity contribution in [3.8, 4) is 11.5 Å². The highest BCUT2D eigenvalue weighted by atomic mass is 19.3. The fourth-order valence-corrected chi connectivity index (χ4v) is 4.03. The molecule has 1 saturated carbocycles. The molecule has 5 nitrogen and oxygen atoms in total. The molecule has 1 aliphatic heterocycles. The van der Waals surface area contributed by atoms with Crippen LogP contribution in [0.1, 0.15) is 48.3 Å². The van der Waals surface area contributed by atoms with Gasteiger partial charge in [0.05, 0.1) is 18.9 Å². The Balaban J connectivity index is 1.83. The van der Waals surface area contributed by atoms with Gasteiger partial charge in [0.15, 0.2) is 11.5 Å². The molecule has 2 aromatic rings. The topological polar surface area (TPSA) is 56.6 Å². The van der Waals surface area contributed by atoms with Crippen LogP contribution in [0.2, 0.25) is 0 Å². The summed E-state index contributed by atoms with van der Waals surface area (Å²) in [5, 5.41) is 0. The lowest BCUT2D eigenvalue weighted by Gasteiger charge is -2.35. The van der Waals surface area contributed by atoms with Crippen LogP contribution in [0.15, 0.2) is 35.8 Å². The maximum Gasteiger partial charge on any atom is 0.272 e. The predicted molar refractivity (Wildman–Crippen MR) is 97.2 cm³/mol. The minimum absolute atomic E-state index is 0.179. The zero-order valence-corrected chi connectivity index (χ0v) is 15.1. The molecule has 0 saturated heterocycles. The van der Waals surface area contributed by atoms with Crippen LogP contribution < -0.4 is 9.47 Å². The number of rotatable bonds is 5. The fourth-order valence-electron chi connectivity index (χ4n) is 4.03. The first-order valence-electron chi connectivity index (χ1n) is 9.14. The fraction of sp³-hybridized carbons (Fsp3) is 0.450. The second-order valence-corrected chi connectivity index (χ2v) is 6.86. The van der Waals surface area contributed by atoms with E-state index in [0.717, 1.165) is 48.1 Å². The molecular formula is C20H21F2N3O2. The van der Waals surface area contributed by atoms with Crippen molar-refractivity contribution in [3.63, 3.8) is 0 Å². The molecule has 1 aromatic carbocycles. The number of nitrogens with zero attached hydrogens (tertiary/aromatic N) is 3. The molecule has 27 heavy (non-hydrogen) atoms. The molecule has 1 aliphatic carbocycles. The second kappa shape index (κ2) is 7.58. The first-order chi connectivity index (χ1) is 13.2. The standard InChI is InChI=1S/C20H21F2N3O2/c1-26-17-7-15-14(6-18(17)27-10-19(21)22)13-4-2-3-5-16(13)25-20(15)12-8-23-11-24-9-12/h6-9,11,13,16,19H,2-5,10H2,1H3. The Morgan fingerprint density at radius 1 is 1.11 bits per heavy atom. The zero-order valence-electron chi connectivity index (χ0n) is 15.1. The monoisotopic (exact) mass is 373 g/mol. The van der Waals surface area contributed by atoms with E-state index in [0.29, 0.717) is 11.5 Å². The summed E-state index contributed by atoms with van der Waals surface area (Å²) in [6.07, 6.45) is 6.76. The number of aromatic nitrogens is 2. The average Bonchev–Trinajstić information content (AvgIpc) is 2.71. The van der Waals surface area contributed by atoms with Gasteiger partial charge in [-0.15, -0.1) is 0 Å². The van der Waals surface area contributed by atoms with E-state index >= 15 is 0 Å². The summed E-state index contributed by atoms with van der Waals surface area (Å²) in [7, 11) is 1.51. The first-order valence-corrected chi connectivity index (χ1v) is 9.14. The van der Waals surface area contributed by atoms with Crippen molar-refractivity contribution >= 4 is 5.71 Å². The molecule has 1 fully saturated rings. The van der Waals surface area contributed by atoms with Crippen LogP contribution in [0.3, 0.4) is 0 Å². The largest absolute Gasteiger partial charge is 0.493 e. The van der Waals surface area contributed by atoms with Crippen LogP contribution in [0, 0.1) is 0 Å². The molecule has 0 spiro atoms. The Kier molecular flexibility index (Phi) is 5.01. The lowest BCUT2D eigenvalue weighted by Crippen LogP contribution is -2.29. The summed E-state index contributed by atoms with van der Waals surface area (Å²) < 4.78 is 36.0. The highest BCUT2D eigenvalue weighted by Gasteiger charge is 2.34. The normalized spacial score (nSPS) is 21.3. The predicted octanol–water partition coefficient (Wildman–Crippen LogP) is 4.01. The number of methoxy groups -OCH3 is 1. The highest BCUT2D eigenvalue weighted by molar-refractivity contribution is 6.14. The van der Waals surface area contributed by atoms with Crippen molar-refractivity contribution < 1.29 is 18.3 Å². The Hall–Kier alpha value is -2.57. The third kappa shape index (κ3) is 3.50. The van der Waals surface area contributed by atoms with Gasteiger partial charge in [-0.2, -0.15) is 0 Å². The SMILES string of the molecule is COc1cc2c(cc1OCC(F)F)C1CCCCC1N=C2c1cncnc1. The minimum atomic E-state index is -2.54. The second-order valence-electron chi connectivity index (χ2n) is 6.86. The van der Waals surface area contributed by atoms with E-state index in [-0.39, 0.29) is 12.0 Å². The molecular weight excluding hydrogens is 352 g/mol. The van der Waals surface area contributed by atoms with Gasteiger partial charge in [0.1, 0.15) is 12.9 Å². The number of fused-ring (bicyclic) bond motifs is 3. The van der Waals surface area contributed by atoms with Gasteiger partial charge in [-0.1, -0.05) is 12.8 Å². The van der Waals surface area contributed by atoms with E-state index in [9.17, 15) is 8.78 Å². The molecule has 1 aromatic heterocycles. The van der Waals surface area contributed by atoms with E-state index in [1.54, 1.807) is 12.4 Å². The molecule has 0 radical (unpaired) electrons. The smallest absolute Gasteiger partial charge is 0.272 e. The summed E-state index contributed by atoms with van der Waals surface area (Å²) in [5.74, 6) is 1.04. The van der Waals surface area contributed by atoms with E-state index in [4.69, 9.17) is 14.5 Å². The van der Waals surface area contributed by atoms with Crippen molar-refractivity contribution in [2.75, 3.05) is 13.7 Å². The highest BCUT2D eigenvalue weighted by Crippen LogP contribution is 2.44. The molecule has 7 heteroatoms. The summed E-state index contributed by atoms with van der Waals surface area (Å²) in [6, 6.07) is 3.88. The number of benzene rings is 1. The molecule has 0 bridgehead atoms. The zero-order chi connectivity index (χ0) is 18.8. The van der Waals surface area contributed by atoms with E-state index in [1.165, 1.54) is 13.4 Å². The van der Waals surface area contributed by atoms with Gasteiger partial charge < -0.3 is 9.47 Å².